The Labute approximate surface area is 185 Å². The van der Waals surface area contributed by atoms with Crippen molar-refractivity contribution in [1.29, 1.82) is 0 Å². The number of aliphatic carboxylic acids is 1. The number of rotatable bonds is 15. The number of ether oxygens (including phenoxy) is 2. The summed E-state index contributed by atoms with van der Waals surface area (Å²) in [6.45, 7) is 6.84. The van der Waals surface area contributed by atoms with Crippen LogP contribution in [0.15, 0.2) is 46.6 Å². The predicted octanol–water partition coefficient (Wildman–Crippen LogP) is 4.28. The molecule has 7 nitrogen and oxygen atoms in total. The second-order valence-corrected chi connectivity index (χ2v) is 7.35. The van der Waals surface area contributed by atoms with Crippen molar-refractivity contribution in [2.45, 2.75) is 66.2 Å². The van der Waals surface area contributed by atoms with Gasteiger partial charge in [-0.1, -0.05) is 23.8 Å². The standard InChI is InChI=1S/C24H36O7/c1-18(8-5-11-22(16-25)14-15-30-20(3)26)9-6-12-23(24(28)29)13-7-10-19(2)17-31-21(4)27/h8,10,12,14,25H,5-7,9,11,13,15-17H2,1-4H3,(H,28,29). The van der Waals surface area contributed by atoms with Gasteiger partial charge in [-0.2, -0.15) is 0 Å². The average Bonchev–Trinajstić information content (AvgIpc) is 2.69. The fourth-order valence-corrected chi connectivity index (χ4v) is 2.65. The SMILES string of the molecule is CC(=O)OCC=C(CO)CCC=C(C)CCC=C(CCC=C(C)COC(C)=O)C(=O)O. The highest BCUT2D eigenvalue weighted by Crippen LogP contribution is 2.14. The van der Waals surface area contributed by atoms with Gasteiger partial charge in [-0.15, -0.1) is 0 Å². The number of aliphatic hydroxyl groups is 1. The Morgan fingerprint density at radius 2 is 1.32 bits per heavy atom. The predicted molar refractivity (Wildman–Crippen MR) is 119 cm³/mol. The maximum Gasteiger partial charge on any atom is 0.331 e. The molecular formula is C24H36O7. The minimum absolute atomic E-state index is 0.0757. The summed E-state index contributed by atoms with van der Waals surface area (Å²) >= 11 is 0. The van der Waals surface area contributed by atoms with Crippen molar-refractivity contribution in [3.05, 3.63) is 46.6 Å². The molecule has 0 heterocycles. The van der Waals surface area contributed by atoms with Crippen LogP contribution < -0.4 is 0 Å². The van der Waals surface area contributed by atoms with E-state index in [1.165, 1.54) is 13.8 Å². The summed E-state index contributed by atoms with van der Waals surface area (Å²) in [5.41, 5.74) is 3.23. The molecule has 0 amide bonds. The first kappa shape index (κ1) is 28.3. The highest BCUT2D eigenvalue weighted by Gasteiger charge is 2.06. The first-order chi connectivity index (χ1) is 14.6. The summed E-state index contributed by atoms with van der Waals surface area (Å²) < 4.78 is 9.74. The second kappa shape index (κ2) is 17.1. The Bertz CT molecular complexity index is 711. The summed E-state index contributed by atoms with van der Waals surface area (Å²) in [4.78, 5) is 33.0. The van der Waals surface area contributed by atoms with Gasteiger partial charge in [0.2, 0.25) is 0 Å². The molecule has 0 fully saturated rings. The Balaban J connectivity index is 4.48. The summed E-state index contributed by atoms with van der Waals surface area (Å²) in [6, 6.07) is 0. The Morgan fingerprint density at radius 3 is 1.90 bits per heavy atom. The molecule has 174 valence electrons. The molecule has 0 aliphatic rings. The van der Waals surface area contributed by atoms with Crippen LogP contribution in [-0.4, -0.2) is 47.9 Å². The van der Waals surface area contributed by atoms with E-state index in [-0.39, 0.29) is 31.8 Å². The maximum absolute atomic E-state index is 11.4. The zero-order chi connectivity index (χ0) is 23.6. The quantitative estimate of drug-likeness (QED) is 0.224. The van der Waals surface area contributed by atoms with Gasteiger partial charge in [-0.3, -0.25) is 9.59 Å². The number of allylic oxidation sites excluding steroid dienone is 4. The van der Waals surface area contributed by atoms with E-state index in [1.54, 1.807) is 12.2 Å². The van der Waals surface area contributed by atoms with E-state index >= 15 is 0 Å². The zero-order valence-corrected chi connectivity index (χ0v) is 19.1. The van der Waals surface area contributed by atoms with Crippen LogP contribution in [0.3, 0.4) is 0 Å². The van der Waals surface area contributed by atoms with Gasteiger partial charge in [-0.25, -0.2) is 4.79 Å². The van der Waals surface area contributed by atoms with Crippen LogP contribution in [0.2, 0.25) is 0 Å². The van der Waals surface area contributed by atoms with Crippen LogP contribution in [0, 0.1) is 0 Å². The van der Waals surface area contributed by atoms with Gasteiger partial charge < -0.3 is 19.7 Å². The van der Waals surface area contributed by atoms with Crippen molar-refractivity contribution >= 4 is 17.9 Å². The van der Waals surface area contributed by atoms with E-state index in [0.29, 0.717) is 31.3 Å². The number of hydrogen-bond acceptors (Lipinski definition) is 6. The summed E-state index contributed by atoms with van der Waals surface area (Å²) in [6.07, 6.45) is 11.2. The maximum atomic E-state index is 11.4. The second-order valence-electron chi connectivity index (χ2n) is 7.35. The minimum Gasteiger partial charge on any atom is -0.478 e. The fraction of sp³-hybridized carbons (Fsp3) is 0.542. The van der Waals surface area contributed by atoms with Crippen molar-refractivity contribution in [3.8, 4) is 0 Å². The Morgan fingerprint density at radius 1 is 0.742 bits per heavy atom. The molecule has 7 heteroatoms. The Hall–Kier alpha value is -2.67. The number of carboxylic acid groups (broad SMARTS) is 1. The average molecular weight is 437 g/mol. The first-order valence-corrected chi connectivity index (χ1v) is 10.4. The molecule has 0 radical (unpaired) electrons. The van der Waals surface area contributed by atoms with Gasteiger partial charge in [0, 0.05) is 19.4 Å². The summed E-state index contributed by atoms with van der Waals surface area (Å²) in [7, 11) is 0. The fourth-order valence-electron chi connectivity index (χ4n) is 2.65. The molecule has 0 unspecified atom stereocenters. The number of carboxylic acids is 1. The molecule has 0 bridgehead atoms. The molecule has 0 saturated carbocycles. The molecule has 2 N–H and O–H groups in total. The molecule has 0 spiro atoms. The number of carbonyl (C=O) groups is 3. The Kier molecular flexibility index (Phi) is 15.6. The largest absolute Gasteiger partial charge is 0.478 e. The lowest BCUT2D eigenvalue weighted by Gasteiger charge is -2.05. The molecule has 0 aromatic carbocycles. The molecule has 0 aliphatic carbocycles. The van der Waals surface area contributed by atoms with Crippen molar-refractivity contribution in [2.75, 3.05) is 19.8 Å². The third kappa shape index (κ3) is 16.8. The topological polar surface area (TPSA) is 110 Å². The molecule has 0 aliphatic heterocycles. The van der Waals surface area contributed by atoms with Crippen LogP contribution in [0.1, 0.15) is 66.2 Å². The van der Waals surface area contributed by atoms with Gasteiger partial charge >= 0.3 is 17.9 Å². The first-order valence-electron chi connectivity index (χ1n) is 10.4. The third-order valence-corrected chi connectivity index (χ3v) is 4.43. The monoisotopic (exact) mass is 436 g/mol. The molecule has 0 aromatic rings. The van der Waals surface area contributed by atoms with Crippen LogP contribution in [-0.2, 0) is 23.9 Å². The van der Waals surface area contributed by atoms with E-state index in [1.807, 2.05) is 19.9 Å². The smallest absolute Gasteiger partial charge is 0.331 e. The van der Waals surface area contributed by atoms with Crippen molar-refractivity contribution < 1.29 is 34.1 Å². The van der Waals surface area contributed by atoms with Gasteiger partial charge in [0.05, 0.1) is 6.61 Å². The van der Waals surface area contributed by atoms with E-state index in [9.17, 15) is 24.6 Å². The van der Waals surface area contributed by atoms with Gasteiger partial charge in [-0.05, 0) is 69.6 Å². The van der Waals surface area contributed by atoms with Crippen molar-refractivity contribution in [1.82, 2.24) is 0 Å². The molecule has 0 saturated heterocycles. The number of aliphatic hydroxyl groups excluding tert-OH is 1. The summed E-state index contributed by atoms with van der Waals surface area (Å²) in [5, 5.41) is 18.7. The lowest BCUT2D eigenvalue weighted by Crippen LogP contribution is -2.02. The van der Waals surface area contributed by atoms with E-state index in [4.69, 9.17) is 9.47 Å². The van der Waals surface area contributed by atoms with Crippen LogP contribution >= 0.6 is 0 Å². The van der Waals surface area contributed by atoms with Gasteiger partial charge in [0.25, 0.3) is 0 Å². The van der Waals surface area contributed by atoms with Crippen LogP contribution in [0.4, 0.5) is 0 Å². The highest BCUT2D eigenvalue weighted by atomic mass is 16.5. The van der Waals surface area contributed by atoms with E-state index < -0.39 is 5.97 Å². The molecule has 0 atom stereocenters. The van der Waals surface area contributed by atoms with Crippen molar-refractivity contribution in [2.24, 2.45) is 0 Å². The van der Waals surface area contributed by atoms with E-state index in [0.717, 1.165) is 29.6 Å². The number of esters is 2. The van der Waals surface area contributed by atoms with Gasteiger partial charge in [0.1, 0.15) is 13.2 Å². The highest BCUT2D eigenvalue weighted by molar-refractivity contribution is 5.86. The minimum atomic E-state index is -0.918. The van der Waals surface area contributed by atoms with Gasteiger partial charge in [0.15, 0.2) is 0 Å². The van der Waals surface area contributed by atoms with Crippen LogP contribution in [0.25, 0.3) is 0 Å². The summed E-state index contributed by atoms with van der Waals surface area (Å²) in [5.74, 6) is -1.61. The van der Waals surface area contributed by atoms with E-state index in [2.05, 4.69) is 6.08 Å². The van der Waals surface area contributed by atoms with Crippen LogP contribution in [0.5, 0.6) is 0 Å². The van der Waals surface area contributed by atoms with Crippen molar-refractivity contribution in [3.63, 3.8) is 0 Å². The molecule has 0 aromatic heterocycles. The zero-order valence-electron chi connectivity index (χ0n) is 19.1. The number of carbonyl (C=O) groups excluding carboxylic acids is 2. The lowest BCUT2D eigenvalue weighted by molar-refractivity contribution is -0.140. The molecule has 0 rings (SSSR count). The number of hydrogen-bond donors (Lipinski definition) is 2. The lowest BCUT2D eigenvalue weighted by atomic mass is 10.0. The normalized spacial score (nSPS) is 13.2. The third-order valence-electron chi connectivity index (χ3n) is 4.43. The molecule has 31 heavy (non-hydrogen) atoms. The molecular weight excluding hydrogens is 400 g/mol.